The summed E-state index contributed by atoms with van der Waals surface area (Å²) in [7, 11) is 0. The number of halogens is 1. The van der Waals surface area contributed by atoms with Crippen LogP contribution in [0.25, 0.3) is 165 Å². The fourth-order valence-corrected chi connectivity index (χ4v) is 21.5. The van der Waals surface area contributed by atoms with E-state index in [1.54, 1.807) is 12.1 Å². The van der Waals surface area contributed by atoms with E-state index < -0.39 is 0 Å². The maximum Gasteiger partial charge on any atom is 0.123 e. The van der Waals surface area contributed by atoms with Crippen molar-refractivity contribution in [3.8, 4) is 106 Å². The summed E-state index contributed by atoms with van der Waals surface area (Å²) >= 11 is 0. The van der Waals surface area contributed by atoms with E-state index in [2.05, 4.69) is 414 Å². The minimum atomic E-state index is -0.254. The van der Waals surface area contributed by atoms with E-state index in [0.29, 0.717) is 5.56 Å². The van der Waals surface area contributed by atoms with Gasteiger partial charge < -0.3 is 9.80 Å². The van der Waals surface area contributed by atoms with Crippen molar-refractivity contribution in [1.82, 2.24) is 4.98 Å². The average Bonchev–Trinajstić information content (AvgIpc) is 1.36. The molecule has 128 heavy (non-hydrogen) atoms. The van der Waals surface area contributed by atoms with Crippen molar-refractivity contribution >= 4 is 98.8 Å². The fraction of sp³-hybridized carbons (Fsp3) is 0.0732. The first-order chi connectivity index (χ1) is 62.6. The van der Waals surface area contributed by atoms with Gasteiger partial charge in [-0.15, -0.1) is 0 Å². The summed E-state index contributed by atoms with van der Waals surface area (Å²) in [6.45, 7) is 14.1. The lowest BCUT2D eigenvalue weighted by Crippen LogP contribution is -2.16. The number of benzene rings is 20. The molecule has 5 heteroatoms. The van der Waals surface area contributed by atoms with Crippen molar-refractivity contribution in [2.24, 2.45) is 0 Å². The zero-order valence-corrected chi connectivity index (χ0v) is 72.0. The van der Waals surface area contributed by atoms with Gasteiger partial charge in [0.25, 0.3) is 0 Å². The van der Waals surface area contributed by atoms with Gasteiger partial charge in [-0.2, -0.15) is 5.26 Å². The maximum absolute atomic E-state index is 14.5. The molecule has 0 saturated heterocycles. The third-order valence-electron chi connectivity index (χ3n) is 27.9. The van der Waals surface area contributed by atoms with Crippen LogP contribution in [0.4, 0.5) is 38.5 Å². The zero-order chi connectivity index (χ0) is 86.3. The second kappa shape index (κ2) is 30.2. The van der Waals surface area contributed by atoms with E-state index in [4.69, 9.17) is 0 Å². The highest BCUT2D eigenvalue weighted by atomic mass is 19.1. The first-order valence-electron chi connectivity index (χ1n) is 44.3. The van der Waals surface area contributed by atoms with Gasteiger partial charge in [-0.1, -0.05) is 321 Å². The highest BCUT2D eigenvalue weighted by Crippen LogP contribution is 2.57. The molecule has 4 nitrogen and oxygen atoms in total. The van der Waals surface area contributed by atoms with Gasteiger partial charge >= 0.3 is 0 Å². The molecule has 0 unspecified atom stereocenters. The predicted octanol–water partition coefficient (Wildman–Crippen LogP) is 33.6. The molecule has 3 aliphatic carbocycles. The smallest absolute Gasteiger partial charge is 0.123 e. The van der Waals surface area contributed by atoms with Gasteiger partial charge in [0.05, 0.1) is 11.6 Å². The number of pyridine rings is 1. The molecule has 24 rings (SSSR count). The van der Waals surface area contributed by atoms with Gasteiger partial charge in [-0.05, 0) is 320 Å². The molecule has 0 radical (unpaired) electrons. The van der Waals surface area contributed by atoms with Gasteiger partial charge in [0.1, 0.15) is 5.82 Å². The van der Waals surface area contributed by atoms with E-state index in [1.165, 1.54) is 170 Å². The van der Waals surface area contributed by atoms with Crippen LogP contribution in [0.5, 0.6) is 0 Å². The summed E-state index contributed by atoms with van der Waals surface area (Å²) in [5, 5.41) is 24.1. The van der Waals surface area contributed by atoms with Gasteiger partial charge in [0, 0.05) is 68.3 Å². The lowest BCUT2D eigenvalue weighted by molar-refractivity contribution is 0.628. The Bertz CT molecular complexity index is 8150. The van der Waals surface area contributed by atoms with E-state index in [0.717, 1.165) is 61.9 Å². The van der Waals surface area contributed by atoms with Crippen molar-refractivity contribution in [3.63, 3.8) is 0 Å². The van der Waals surface area contributed by atoms with Gasteiger partial charge in [-0.25, -0.2) is 4.39 Å². The van der Waals surface area contributed by atoms with Crippen LogP contribution in [0.15, 0.2) is 419 Å². The molecular weight excluding hydrogens is 1550 g/mol. The van der Waals surface area contributed by atoms with Crippen LogP contribution in [-0.4, -0.2) is 4.98 Å². The maximum atomic E-state index is 14.5. The number of nitrogens with zero attached hydrogens (tertiary/aromatic N) is 4. The Morgan fingerprint density at radius 2 is 0.586 bits per heavy atom. The molecule has 1 aromatic heterocycles. The van der Waals surface area contributed by atoms with Crippen LogP contribution in [-0.2, 0) is 16.2 Å². The molecule has 1 heterocycles. The number of hydrogen-bond donors (Lipinski definition) is 0. The monoisotopic (exact) mass is 1640 g/mol. The quantitative estimate of drug-likeness (QED) is 0.114. The Morgan fingerprint density at radius 3 is 1.09 bits per heavy atom. The number of hydrogen-bond acceptors (Lipinski definition) is 4. The predicted molar refractivity (Wildman–Crippen MR) is 535 cm³/mol. The largest absolute Gasteiger partial charge is 0.310 e. The molecule has 0 fully saturated rings. The number of anilines is 6. The number of fused-ring (bicyclic) bond motifs is 15. The van der Waals surface area contributed by atoms with E-state index in [9.17, 15) is 9.65 Å². The summed E-state index contributed by atoms with van der Waals surface area (Å²) in [5.74, 6) is -0.254. The molecule has 0 amide bonds. The van der Waals surface area contributed by atoms with Crippen molar-refractivity contribution in [2.75, 3.05) is 9.80 Å². The minimum absolute atomic E-state index is 0.128. The Balaban J connectivity index is 0.000000153. The normalized spacial score (nSPS) is 13.3. The van der Waals surface area contributed by atoms with E-state index in [-0.39, 0.29) is 22.1 Å². The molecule has 3 aliphatic rings. The highest BCUT2D eigenvalue weighted by Gasteiger charge is 2.39. The fourth-order valence-electron chi connectivity index (χ4n) is 21.5. The standard InChI is InChI=1S/C71H54FN.C52H33N3/c1-69(2)61-20-12-9-15-51(61)54-35-26-45(40-64(54)69)67-57-18-7-8-19-58(57)68(46-27-36-55-52-16-10-13-21-62(52)70(3,4)65(55)41-46)60-39-44(25-37-59(60)67)43-23-30-48(31-24-43)73(49-32-28-47(72)29-33-49)50-34-38-56-53-17-11-14-22-63(53)71(5,6)66(56)42-50;53-33-35-18-24-42(25-19-35)55(44-28-22-36-9-1-2-11-39(36)31-44)43-26-20-37(21-27-43)40-23-29-49-50(32-40)52(46-17-7-12-38-10-3-4-14-45(38)46)48-16-6-5-15-47(48)51(49)41-13-8-30-54-34-41/h7-42H,1-6H3;1-32,34H. The third kappa shape index (κ3) is 12.6. The minimum Gasteiger partial charge on any atom is -0.310 e. The van der Waals surface area contributed by atoms with Gasteiger partial charge in [-0.3, -0.25) is 4.98 Å². The van der Waals surface area contributed by atoms with Gasteiger partial charge in [0.15, 0.2) is 0 Å². The van der Waals surface area contributed by atoms with Gasteiger partial charge in [0.2, 0.25) is 0 Å². The van der Waals surface area contributed by atoms with Crippen molar-refractivity contribution in [3.05, 3.63) is 464 Å². The Morgan fingerprint density at radius 1 is 0.234 bits per heavy atom. The van der Waals surface area contributed by atoms with Crippen LogP contribution in [0.2, 0.25) is 0 Å². The second-order valence-corrected chi connectivity index (χ2v) is 36.1. The van der Waals surface area contributed by atoms with Crippen molar-refractivity contribution < 1.29 is 4.39 Å². The number of rotatable bonds is 12. The van der Waals surface area contributed by atoms with E-state index >= 15 is 0 Å². The van der Waals surface area contributed by atoms with Crippen LogP contribution in [0.3, 0.4) is 0 Å². The first-order valence-corrected chi connectivity index (χ1v) is 44.3. The molecule has 0 spiro atoms. The van der Waals surface area contributed by atoms with Crippen molar-refractivity contribution in [1.29, 1.82) is 5.26 Å². The summed E-state index contributed by atoms with van der Waals surface area (Å²) in [4.78, 5) is 9.04. The topological polar surface area (TPSA) is 43.2 Å². The van der Waals surface area contributed by atoms with E-state index in [1.807, 2.05) is 54.9 Å². The molecule has 0 bridgehead atoms. The SMILES string of the molecule is CC1(C)c2ccccc2-c2ccc(-c3c4ccccc4c(-c4ccc5c(c4)C(C)(C)c4ccccc4-5)c4cc(-c5ccc(N(c6ccc(F)cc6)c6ccc7c(c6)C(C)(C)c6ccccc6-7)cc5)ccc34)cc21.N#Cc1ccc(N(c2ccc(-c3ccc4c(-c5cccnc5)c5ccccc5c(-c5cccc6ccccc56)c4c3)cc2)c2ccc3ccccc3c2)cc1. The van der Waals surface area contributed by atoms with Crippen LogP contribution < -0.4 is 9.80 Å². The molecule has 606 valence electrons. The Hall–Kier alpha value is -15.9. The molecule has 0 saturated carbocycles. The molecule has 0 N–H and O–H groups in total. The summed E-state index contributed by atoms with van der Waals surface area (Å²) in [6, 6.07) is 149. The number of aromatic nitrogens is 1. The lowest BCUT2D eigenvalue weighted by atomic mass is 9.79. The average molecular weight is 1640 g/mol. The number of nitriles is 1. The van der Waals surface area contributed by atoms with Crippen LogP contribution in [0, 0.1) is 17.1 Å². The molecule has 0 atom stereocenters. The third-order valence-corrected chi connectivity index (χ3v) is 27.9. The molecular formula is C123H87FN4. The summed E-state index contributed by atoms with van der Waals surface area (Å²) in [6.07, 6.45) is 3.81. The Kier molecular flexibility index (Phi) is 18.2. The zero-order valence-electron chi connectivity index (χ0n) is 72.0. The van der Waals surface area contributed by atoms with Crippen LogP contribution >= 0.6 is 0 Å². The second-order valence-electron chi connectivity index (χ2n) is 36.1. The summed E-state index contributed by atoms with van der Waals surface area (Å²) < 4.78 is 14.5. The highest BCUT2D eigenvalue weighted by molar-refractivity contribution is 6.25. The first kappa shape index (κ1) is 77.0. The lowest BCUT2D eigenvalue weighted by Gasteiger charge is -2.28. The van der Waals surface area contributed by atoms with Crippen molar-refractivity contribution in [2.45, 2.75) is 57.8 Å². The molecule has 21 aromatic rings. The molecule has 0 aliphatic heterocycles. The Labute approximate surface area is 745 Å². The molecule has 20 aromatic carbocycles. The van der Waals surface area contributed by atoms with Crippen LogP contribution in [0.1, 0.15) is 80.5 Å². The summed E-state index contributed by atoms with van der Waals surface area (Å²) in [5.41, 5.74) is 36.4.